The monoisotopic (exact) mass is 348 g/mol. The van der Waals surface area contributed by atoms with E-state index in [-0.39, 0.29) is 16.8 Å². The fraction of sp³-hybridized carbons (Fsp3) is 0.353. The first-order valence-corrected chi connectivity index (χ1v) is 7.69. The van der Waals surface area contributed by atoms with Gasteiger partial charge in [-0.2, -0.15) is 0 Å². The second kappa shape index (κ2) is 8.84. The smallest absolute Gasteiger partial charge is 0.339 e. The van der Waals surface area contributed by atoms with Gasteiger partial charge in [0.15, 0.2) is 0 Å². The molecule has 1 aliphatic heterocycles. The molecule has 1 saturated heterocycles. The molecule has 0 radical (unpaired) electrons. The zero-order valence-electron chi connectivity index (χ0n) is 14.1. The molecule has 0 atom stereocenters. The van der Waals surface area contributed by atoms with Crippen LogP contribution in [0.4, 0.5) is 10.5 Å². The van der Waals surface area contributed by atoms with Gasteiger partial charge in [0, 0.05) is 6.20 Å². The van der Waals surface area contributed by atoms with Gasteiger partial charge in [-0.15, -0.1) is 0 Å². The van der Waals surface area contributed by atoms with Gasteiger partial charge in [0.25, 0.3) is 0 Å². The van der Waals surface area contributed by atoms with Crippen LogP contribution in [0.5, 0.6) is 0 Å². The second-order valence-corrected chi connectivity index (χ2v) is 5.26. The summed E-state index contributed by atoms with van der Waals surface area (Å²) in [6, 6.07) is 3.64. The van der Waals surface area contributed by atoms with Gasteiger partial charge in [-0.25, -0.2) is 14.4 Å². The molecular formula is C17H20N2O6. The van der Waals surface area contributed by atoms with E-state index >= 15 is 0 Å². The van der Waals surface area contributed by atoms with E-state index in [1.54, 1.807) is 6.20 Å². The summed E-state index contributed by atoms with van der Waals surface area (Å²) in [4.78, 5) is 35.6. The predicted octanol–water partition coefficient (Wildman–Crippen LogP) is 2.08. The number of urea groups is 1. The highest BCUT2D eigenvalue weighted by Gasteiger charge is 2.17. The van der Waals surface area contributed by atoms with Crippen LogP contribution in [0, 0.1) is 0 Å². The normalized spacial score (nSPS) is 13.6. The van der Waals surface area contributed by atoms with Gasteiger partial charge in [-0.05, 0) is 36.6 Å². The Morgan fingerprint density at radius 2 is 1.76 bits per heavy atom. The summed E-state index contributed by atoms with van der Waals surface area (Å²) in [6.45, 7) is 1.26. The quantitative estimate of drug-likeness (QED) is 0.808. The summed E-state index contributed by atoms with van der Waals surface area (Å²) < 4.78 is 14.6. The zero-order valence-corrected chi connectivity index (χ0v) is 14.1. The number of hydrogen-bond donors (Lipinski definition) is 2. The molecule has 1 aromatic rings. The van der Waals surface area contributed by atoms with Crippen molar-refractivity contribution in [3.63, 3.8) is 0 Å². The van der Waals surface area contributed by atoms with E-state index in [0.29, 0.717) is 13.2 Å². The van der Waals surface area contributed by atoms with Crippen LogP contribution < -0.4 is 10.6 Å². The summed E-state index contributed by atoms with van der Waals surface area (Å²) in [5, 5.41) is 5.16. The predicted molar refractivity (Wildman–Crippen MR) is 89.4 cm³/mol. The number of nitrogens with one attached hydrogen (secondary N) is 2. The molecule has 8 heteroatoms. The lowest BCUT2D eigenvalue weighted by atomic mass is 10.1. The number of ether oxygens (including phenoxy) is 3. The van der Waals surface area contributed by atoms with Crippen molar-refractivity contribution in [2.45, 2.75) is 12.8 Å². The molecule has 134 valence electrons. The standard InChI is InChI=1S/C17H20N2O6/c1-23-15(20)12-3-4-13(16(21)24-2)14(9-12)19-17(22)18-10-11-5-7-25-8-6-11/h3-4,9-10H,5-8H2,1-2H3,(H2,18,19,22). The van der Waals surface area contributed by atoms with Crippen LogP contribution in [-0.2, 0) is 14.2 Å². The summed E-state index contributed by atoms with van der Waals surface area (Å²) >= 11 is 0. The van der Waals surface area contributed by atoms with E-state index in [9.17, 15) is 14.4 Å². The number of carbonyl (C=O) groups excluding carboxylic acids is 3. The maximum absolute atomic E-state index is 12.1. The largest absolute Gasteiger partial charge is 0.465 e. The second-order valence-electron chi connectivity index (χ2n) is 5.26. The first-order valence-electron chi connectivity index (χ1n) is 7.69. The average molecular weight is 348 g/mol. The molecule has 0 aromatic heterocycles. The molecule has 1 fully saturated rings. The minimum absolute atomic E-state index is 0.129. The fourth-order valence-electron chi connectivity index (χ4n) is 2.28. The number of rotatable bonds is 4. The van der Waals surface area contributed by atoms with Gasteiger partial charge < -0.3 is 24.8 Å². The third-order valence-corrected chi connectivity index (χ3v) is 3.64. The SMILES string of the molecule is COC(=O)c1ccc(C(=O)OC)c(NC(=O)NC=C2CCOCC2)c1. The molecule has 2 rings (SSSR count). The number of amides is 2. The van der Waals surface area contributed by atoms with Crippen molar-refractivity contribution in [3.05, 3.63) is 41.1 Å². The van der Waals surface area contributed by atoms with E-state index in [1.165, 1.54) is 32.4 Å². The number of carbonyl (C=O) groups is 3. The number of hydrogen-bond acceptors (Lipinski definition) is 6. The molecule has 2 amide bonds. The molecule has 0 bridgehead atoms. The molecule has 0 aliphatic carbocycles. The lowest BCUT2D eigenvalue weighted by Crippen LogP contribution is -2.26. The van der Waals surface area contributed by atoms with Crippen molar-refractivity contribution >= 4 is 23.7 Å². The van der Waals surface area contributed by atoms with Crippen LogP contribution >= 0.6 is 0 Å². The van der Waals surface area contributed by atoms with E-state index in [2.05, 4.69) is 20.1 Å². The number of anilines is 1. The van der Waals surface area contributed by atoms with E-state index in [0.717, 1.165) is 18.4 Å². The third kappa shape index (κ3) is 5.05. The van der Waals surface area contributed by atoms with Crippen LogP contribution in [-0.4, -0.2) is 45.4 Å². The highest BCUT2D eigenvalue weighted by molar-refractivity contribution is 6.03. The topological polar surface area (TPSA) is 103 Å². The Kier molecular flexibility index (Phi) is 6.53. The van der Waals surface area contributed by atoms with Crippen molar-refractivity contribution in [1.82, 2.24) is 5.32 Å². The lowest BCUT2D eigenvalue weighted by Gasteiger charge is -2.15. The van der Waals surface area contributed by atoms with Crippen LogP contribution in [0.1, 0.15) is 33.6 Å². The Labute approximate surface area is 145 Å². The Morgan fingerprint density at radius 3 is 2.40 bits per heavy atom. The molecule has 25 heavy (non-hydrogen) atoms. The molecule has 1 aromatic carbocycles. The van der Waals surface area contributed by atoms with Gasteiger partial charge in [0.1, 0.15) is 0 Å². The summed E-state index contributed by atoms with van der Waals surface area (Å²) in [5.41, 5.74) is 1.55. The first kappa shape index (κ1) is 18.5. The number of esters is 2. The lowest BCUT2D eigenvalue weighted by molar-refractivity contribution is 0.0587. The van der Waals surface area contributed by atoms with Crippen molar-refractivity contribution in [3.8, 4) is 0 Å². The van der Waals surface area contributed by atoms with Crippen molar-refractivity contribution < 1.29 is 28.6 Å². The van der Waals surface area contributed by atoms with Gasteiger partial charge in [-0.1, -0.05) is 0 Å². The Hall–Kier alpha value is -2.87. The van der Waals surface area contributed by atoms with Gasteiger partial charge in [0.05, 0.1) is 44.2 Å². The number of benzene rings is 1. The average Bonchev–Trinajstić information content (AvgIpc) is 2.65. The van der Waals surface area contributed by atoms with Crippen molar-refractivity contribution in [2.75, 3.05) is 32.8 Å². The van der Waals surface area contributed by atoms with E-state index in [4.69, 9.17) is 4.74 Å². The summed E-state index contributed by atoms with van der Waals surface area (Å²) in [5.74, 6) is -1.21. The van der Waals surface area contributed by atoms with E-state index < -0.39 is 18.0 Å². The summed E-state index contributed by atoms with van der Waals surface area (Å²) in [7, 11) is 2.48. The van der Waals surface area contributed by atoms with Crippen LogP contribution in [0.3, 0.4) is 0 Å². The van der Waals surface area contributed by atoms with Crippen molar-refractivity contribution in [1.29, 1.82) is 0 Å². The molecule has 0 unspecified atom stereocenters. The Bertz CT molecular complexity index is 690. The molecule has 1 aliphatic rings. The molecule has 0 spiro atoms. The van der Waals surface area contributed by atoms with Gasteiger partial charge in [0.2, 0.25) is 0 Å². The minimum Gasteiger partial charge on any atom is -0.465 e. The fourth-order valence-corrected chi connectivity index (χ4v) is 2.28. The van der Waals surface area contributed by atoms with Crippen LogP contribution in [0.25, 0.3) is 0 Å². The highest BCUT2D eigenvalue weighted by Crippen LogP contribution is 2.20. The molecule has 2 N–H and O–H groups in total. The van der Waals surface area contributed by atoms with Crippen molar-refractivity contribution in [2.24, 2.45) is 0 Å². The molecule has 0 saturated carbocycles. The Balaban J connectivity index is 2.15. The number of methoxy groups -OCH3 is 2. The molecule has 1 heterocycles. The first-order chi connectivity index (χ1) is 12.0. The maximum Gasteiger partial charge on any atom is 0.339 e. The van der Waals surface area contributed by atoms with E-state index in [1.807, 2.05) is 0 Å². The molecular weight excluding hydrogens is 328 g/mol. The molecule has 8 nitrogen and oxygen atoms in total. The highest BCUT2D eigenvalue weighted by atomic mass is 16.5. The van der Waals surface area contributed by atoms with Crippen LogP contribution in [0.15, 0.2) is 30.0 Å². The summed E-state index contributed by atoms with van der Waals surface area (Å²) in [6.07, 6.45) is 3.14. The van der Waals surface area contributed by atoms with Gasteiger partial charge >= 0.3 is 18.0 Å². The van der Waals surface area contributed by atoms with Gasteiger partial charge in [-0.3, -0.25) is 0 Å². The maximum atomic E-state index is 12.1. The Morgan fingerprint density at radius 1 is 1.08 bits per heavy atom. The van der Waals surface area contributed by atoms with Crippen LogP contribution in [0.2, 0.25) is 0 Å². The minimum atomic E-state index is -0.630. The third-order valence-electron chi connectivity index (χ3n) is 3.64. The zero-order chi connectivity index (χ0) is 18.2.